The molecule has 0 amide bonds. The Morgan fingerprint density at radius 1 is 0.955 bits per heavy atom. The van der Waals surface area contributed by atoms with Gasteiger partial charge in [0.2, 0.25) is 0 Å². The van der Waals surface area contributed by atoms with Crippen molar-refractivity contribution in [2.45, 2.75) is 26.7 Å². The molecular weight excluding hydrogens is 397 g/mol. The highest BCUT2D eigenvalue weighted by Crippen LogP contribution is 1.92. The maximum absolute atomic E-state index is 5.53. The van der Waals surface area contributed by atoms with Gasteiger partial charge in [-0.25, -0.2) is 0 Å². The van der Waals surface area contributed by atoms with E-state index in [0.717, 1.165) is 51.7 Å². The van der Waals surface area contributed by atoms with Crippen LogP contribution < -0.4 is 10.6 Å². The second-order valence-electron chi connectivity index (χ2n) is 5.21. The average Bonchev–Trinajstić information content (AvgIpc) is 2.47. The van der Waals surface area contributed by atoms with Crippen LogP contribution in [0.5, 0.6) is 0 Å². The first-order chi connectivity index (χ1) is 10.2. The highest BCUT2D eigenvalue weighted by molar-refractivity contribution is 14.0. The first-order valence-corrected chi connectivity index (χ1v) is 7.79. The van der Waals surface area contributed by atoms with Gasteiger partial charge in [0.15, 0.2) is 5.96 Å². The highest BCUT2D eigenvalue weighted by atomic mass is 127. The molecule has 0 saturated carbocycles. The van der Waals surface area contributed by atoms with Gasteiger partial charge in [-0.2, -0.15) is 0 Å². The van der Waals surface area contributed by atoms with Crippen molar-refractivity contribution < 1.29 is 14.2 Å². The number of hydrogen-bond donors (Lipinski definition) is 2. The largest absolute Gasteiger partial charge is 0.382 e. The summed E-state index contributed by atoms with van der Waals surface area (Å²) in [5.74, 6) is 1.43. The molecule has 0 aliphatic carbocycles. The molecule has 0 fully saturated rings. The number of nitrogens with zero attached hydrogens (tertiary/aromatic N) is 1. The van der Waals surface area contributed by atoms with Crippen LogP contribution in [-0.2, 0) is 14.2 Å². The molecule has 7 heteroatoms. The third-order valence-corrected chi connectivity index (χ3v) is 2.62. The molecule has 6 nitrogen and oxygen atoms in total. The Labute approximate surface area is 152 Å². The third-order valence-electron chi connectivity index (χ3n) is 2.62. The molecule has 0 radical (unpaired) electrons. The lowest BCUT2D eigenvalue weighted by Crippen LogP contribution is -2.38. The van der Waals surface area contributed by atoms with Crippen molar-refractivity contribution >= 4 is 29.9 Å². The number of nitrogens with one attached hydrogen (secondary N) is 2. The molecule has 0 saturated heterocycles. The SMILES string of the molecule is CN=C(NCCCOCCOC)NCCCOCC(C)C.I. The summed E-state index contributed by atoms with van der Waals surface area (Å²) in [7, 11) is 3.45. The van der Waals surface area contributed by atoms with Crippen molar-refractivity contribution in [3.8, 4) is 0 Å². The second kappa shape index (κ2) is 18.9. The van der Waals surface area contributed by atoms with Crippen molar-refractivity contribution in [2.75, 3.05) is 60.3 Å². The van der Waals surface area contributed by atoms with Gasteiger partial charge in [0, 0.05) is 47.1 Å². The van der Waals surface area contributed by atoms with Crippen molar-refractivity contribution in [3.05, 3.63) is 0 Å². The maximum atomic E-state index is 5.53. The van der Waals surface area contributed by atoms with E-state index in [2.05, 4.69) is 29.5 Å². The van der Waals surface area contributed by atoms with Crippen LogP contribution >= 0.6 is 24.0 Å². The maximum Gasteiger partial charge on any atom is 0.190 e. The smallest absolute Gasteiger partial charge is 0.190 e. The van der Waals surface area contributed by atoms with Gasteiger partial charge in [0.1, 0.15) is 0 Å². The van der Waals surface area contributed by atoms with Gasteiger partial charge in [-0.3, -0.25) is 4.99 Å². The molecule has 0 aliphatic heterocycles. The van der Waals surface area contributed by atoms with Gasteiger partial charge in [-0.15, -0.1) is 24.0 Å². The minimum Gasteiger partial charge on any atom is -0.382 e. The number of hydrogen-bond acceptors (Lipinski definition) is 4. The number of rotatable bonds is 13. The van der Waals surface area contributed by atoms with E-state index in [-0.39, 0.29) is 24.0 Å². The van der Waals surface area contributed by atoms with Crippen molar-refractivity contribution in [2.24, 2.45) is 10.9 Å². The molecular formula is C15H34IN3O3. The van der Waals surface area contributed by atoms with Crippen LogP contribution in [0.4, 0.5) is 0 Å². The number of ether oxygens (including phenoxy) is 3. The van der Waals surface area contributed by atoms with Crippen LogP contribution in [0.3, 0.4) is 0 Å². The monoisotopic (exact) mass is 431 g/mol. The van der Waals surface area contributed by atoms with E-state index < -0.39 is 0 Å². The lowest BCUT2D eigenvalue weighted by Gasteiger charge is -2.12. The zero-order valence-corrected chi connectivity index (χ0v) is 16.9. The number of methoxy groups -OCH3 is 1. The average molecular weight is 431 g/mol. The summed E-state index contributed by atoms with van der Waals surface area (Å²) in [4.78, 5) is 4.17. The van der Waals surface area contributed by atoms with Crippen molar-refractivity contribution in [1.29, 1.82) is 0 Å². The Hall–Kier alpha value is -0.120. The first kappa shape index (κ1) is 24.1. The molecule has 22 heavy (non-hydrogen) atoms. The van der Waals surface area contributed by atoms with Gasteiger partial charge >= 0.3 is 0 Å². The van der Waals surface area contributed by atoms with Gasteiger partial charge < -0.3 is 24.8 Å². The summed E-state index contributed by atoms with van der Waals surface area (Å²) >= 11 is 0. The fourth-order valence-corrected chi connectivity index (χ4v) is 1.55. The summed E-state index contributed by atoms with van der Waals surface area (Å²) in [6, 6.07) is 0. The molecule has 2 N–H and O–H groups in total. The number of halogens is 1. The molecule has 0 aromatic rings. The molecule has 0 heterocycles. The topological polar surface area (TPSA) is 64.1 Å². The quantitative estimate of drug-likeness (QED) is 0.202. The lowest BCUT2D eigenvalue weighted by atomic mass is 10.2. The Kier molecular flexibility index (Phi) is 20.8. The van der Waals surface area contributed by atoms with Gasteiger partial charge in [0.25, 0.3) is 0 Å². The van der Waals surface area contributed by atoms with Crippen molar-refractivity contribution in [1.82, 2.24) is 10.6 Å². The predicted octanol–water partition coefficient (Wildman–Crippen LogP) is 1.89. The standard InChI is InChI=1S/C15H33N3O3.HI/c1-14(2)13-21-10-6-8-18-15(16-3)17-7-5-9-20-12-11-19-4;/h14H,5-13H2,1-4H3,(H2,16,17,18);1H. The lowest BCUT2D eigenvalue weighted by molar-refractivity contribution is 0.0698. The molecule has 0 rings (SSSR count). The van der Waals surface area contributed by atoms with E-state index >= 15 is 0 Å². The zero-order chi connectivity index (χ0) is 15.8. The Morgan fingerprint density at radius 3 is 2.05 bits per heavy atom. The van der Waals surface area contributed by atoms with Crippen LogP contribution in [-0.4, -0.2) is 66.2 Å². The van der Waals surface area contributed by atoms with Gasteiger partial charge in [0.05, 0.1) is 13.2 Å². The van der Waals surface area contributed by atoms with Crippen LogP contribution in [0.25, 0.3) is 0 Å². The summed E-state index contributed by atoms with van der Waals surface area (Å²) in [6.07, 6.45) is 1.93. The van der Waals surface area contributed by atoms with E-state index in [4.69, 9.17) is 14.2 Å². The Morgan fingerprint density at radius 2 is 1.55 bits per heavy atom. The number of aliphatic imine (C=N–C) groups is 1. The number of guanidine groups is 1. The molecule has 0 aromatic heterocycles. The van der Waals surface area contributed by atoms with E-state index in [9.17, 15) is 0 Å². The van der Waals surface area contributed by atoms with Crippen LogP contribution in [0, 0.1) is 5.92 Å². The zero-order valence-electron chi connectivity index (χ0n) is 14.5. The van der Waals surface area contributed by atoms with Crippen molar-refractivity contribution in [3.63, 3.8) is 0 Å². The Bertz CT molecular complexity index is 254. The molecule has 0 atom stereocenters. The summed E-state index contributed by atoms with van der Waals surface area (Å²) < 4.78 is 15.8. The van der Waals surface area contributed by atoms with Crippen LogP contribution in [0.2, 0.25) is 0 Å². The van der Waals surface area contributed by atoms with Crippen LogP contribution in [0.1, 0.15) is 26.7 Å². The first-order valence-electron chi connectivity index (χ1n) is 7.79. The summed E-state index contributed by atoms with van der Waals surface area (Å²) in [5.41, 5.74) is 0. The van der Waals surface area contributed by atoms with Gasteiger partial charge in [-0.1, -0.05) is 13.8 Å². The fourth-order valence-electron chi connectivity index (χ4n) is 1.55. The minimum atomic E-state index is 0. The minimum absolute atomic E-state index is 0. The molecule has 0 aromatic carbocycles. The second-order valence-corrected chi connectivity index (χ2v) is 5.21. The van der Waals surface area contributed by atoms with Crippen LogP contribution in [0.15, 0.2) is 4.99 Å². The normalized spacial score (nSPS) is 11.4. The summed E-state index contributed by atoms with van der Waals surface area (Å²) in [6.45, 7) is 9.67. The fraction of sp³-hybridized carbons (Fsp3) is 0.933. The molecule has 0 aliphatic rings. The highest BCUT2D eigenvalue weighted by Gasteiger charge is 1.97. The molecule has 0 spiro atoms. The van der Waals surface area contributed by atoms with Gasteiger partial charge in [-0.05, 0) is 18.8 Å². The predicted molar refractivity (Wildman–Crippen MR) is 102 cm³/mol. The Balaban J connectivity index is 0. The summed E-state index contributed by atoms with van der Waals surface area (Å²) in [5, 5.41) is 6.52. The third kappa shape index (κ3) is 17.9. The van der Waals surface area contributed by atoms with E-state index in [1.165, 1.54) is 0 Å². The van der Waals surface area contributed by atoms with E-state index in [0.29, 0.717) is 19.1 Å². The molecule has 0 unspecified atom stereocenters. The van der Waals surface area contributed by atoms with E-state index in [1.54, 1.807) is 14.2 Å². The molecule has 0 bridgehead atoms. The van der Waals surface area contributed by atoms with E-state index in [1.807, 2.05) is 0 Å². The molecule has 134 valence electrons.